The van der Waals surface area contributed by atoms with E-state index in [1.54, 1.807) is 18.2 Å². The Morgan fingerprint density at radius 2 is 2.16 bits per heavy atom. The van der Waals surface area contributed by atoms with Gasteiger partial charge in [0.05, 0.1) is 16.7 Å². The second-order valence-corrected chi connectivity index (χ2v) is 5.40. The third-order valence-electron chi connectivity index (χ3n) is 3.28. The van der Waals surface area contributed by atoms with E-state index < -0.39 is 10.8 Å². The van der Waals surface area contributed by atoms with Gasteiger partial charge in [-0.05, 0) is 18.2 Å². The molecule has 0 spiro atoms. The van der Waals surface area contributed by atoms with Crippen LogP contribution >= 0.6 is 11.6 Å². The number of hydrogen-bond donors (Lipinski definition) is 1. The number of rotatable bonds is 5. The van der Waals surface area contributed by atoms with Gasteiger partial charge in [-0.25, -0.2) is 10.1 Å². The lowest BCUT2D eigenvalue weighted by molar-refractivity contribution is -0.384. The van der Waals surface area contributed by atoms with E-state index in [1.807, 2.05) is 12.1 Å². The summed E-state index contributed by atoms with van der Waals surface area (Å²) < 4.78 is 1.45. The van der Waals surface area contributed by atoms with E-state index in [0.717, 1.165) is 5.52 Å². The Labute approximate surface area is 146 Å². The highest BCUT2D eigenvalue weighted by Gasteiger charge is 2.12. The second-order valence-electron chi connectivity index (χ2n) is 5.00. The topological polar surface area (TPSA) is 115 Å². The van der Waals surface area contributed by atoms with E-state index >= 15 is 0 Å². The maximum Gasteiger partial charge on any atom is 0.288 e. The Kier molecular flexibility index (Phi) is 4.66. The number of carbonyl (C=O) groups excluding carboxylic acids is 1. The predicted octanol–water partition coefficient (Wildman–Crippen LogP) is 2.14. The van der Waals surface area contributed by atoms with E-state index in [0.29, 0.717) is 11.1 Å². The number of nitro benzene ring substituents is 1. The van der Waals surface area contributed by atoms with Gasteiger partial charge in [-0.2, -0.15) is 5.10 Å². The first-order valence-electron chi connectivity index (χ1n) is 7.08. The lowest BCUT2D eigenvalue weighted by Gasteiger charge is -2.01. The molecule has 0 aliphatic rings. The molecule has 3 aromatic rings. The van der Waals surface area contributed by atoms with Gasteiger partial charge in [0.25, 0.3) is 11.6 Å². The fourth-order valence-corrected chi connectivity index (χ4v) is 2.32. The molecule has 9 nitrogen and oxygen atoms in total. The molecule has 2 aromatic carbocycles. The van der Waals surface area contributed by atoms with Crippen molar-refractivity contribution in [3.63, 3.8) is 0 Å². The van der Waals surface area contributed by atoms with Crippen molar-refractivity contribution in [3.05, 3.63) is 63.2 Å². The van der Waals surface area contributed by atoms with Gasteiger partial charge >= 0.3 is 0 Å². The zero-order valence-corrected chi connectivity index (χ0v) is 13.4. The minimum absolute atomic E-state index is 0.0317. The second kappa shape index (κ2) is 7.05. The number of nitro groups is 1. The summed E-state index contributed by atoms with van der Waals surface area (Å²) in [7, 11) is 0. The number of halogens is 1. The molecule has 1 heterocycles. The molecule has 25 heavy (non-hydrogen) atoms. The SMILES string of the molecule is O=C(Cn1nnc2ccccc21)N/N=C/c1ccc(Cl)c([N+](=O)[O-])c1. The molecule has 1 aromatic heterocycles. The summed E-state index contributed by atoms with van der Waals surface area (Å²) in [5.41, 5.74) is 3.96. The molecular formula is C15H11ClN6O3. The van der Waals surface area contributed by atoms with Crippen LogP contribution in [-0.2, 0) is 11.3 Å². The maximum atomic E-state index is 11.9. The Morgan fingerprint density at radius 3 is 2.96 bits per heavy atom. The first-order chi connectivity index (χ1) is 12.0. The van der Waals surface area contributed by atoms with Gasteiger partial charge in [-0.1, -0.05) is 35.0 Å². The van der Waals surface area contributed by atoms with Crippen LogP contribution in [0.5, 0.6) is 0 Å². The van der Waals surface area contributed by atoms with Crippen LogP contribution in [0.1, 0.15) is 5.56 Å². The number of hydrogen-bond acceptors (Lipinski definition) is 6. The summed E-state index contributed by atoms with van der Waals surface area (Å²) in [6.07, 6.45) is 1.29. The summed E-state index contributed by atoms with van der Waals surface area (Å²) >= 11 is 5.73. The quantitative estimate of drug-likeness (QED) is 0.426. The number of aromatic nitrogens is 3. The zero-order chi connectivity index (χ0) is 17.8. The van der Waals surface area contributed by atoms with E-state index in [1.165, 1.54) is 23.0 Å². The van der Waals surface area contributed by atoms with Crippen LogP contribution in [0, 0.1) is 10.1 Å². The van der Waals surface area contributed by atoms with Gasteiger partial charge in [0.2, 0.25) is 0 Å². The van der Waals surface area contributed by atoms with Gasteiger partial charge in [0.15, 0.2) is 0 Å². The van der Waals surface area contributed by atoms with Crippen molar-refractivity contribution in [2.75, 3.05) is 0 Å². The average Bonchev–Trinajstić information content (AvgIpc) is 2.99. The molecule has 1 N–H and O–H groups in total. The summed E-state index contributed by atoms with van der Waals surface area (Å²) in [6, 6.07) is 11.5. The van der Waals surface area contributed by atoms with E-state index in [4.69, 9.17) is 11.6 Å². The predicted molar refractivity (Wildman–Crippen MR) is 91.4 cm³/mol. The number of hydrazone groups is 1. The highest BCUT2D eigenvalue weighted by Crippen LogP contribution is 2.24. The van der Waals surface area contributed by atoms with Crippen LogP contribution in [-0.4, -0.2) is 32.0 Å². The smallest absolute Gasteiger partial charge is 0.271 e. The van der Waals surface area contributed by atoms with Gasteiger partial charge in [0.1, 0.15) is 17.1 Å². The lowest BCUT2D eigenvalue weighted by Crippen LogP contribution is -2.23. The number of fused-ring (bicyclic) bond motifs is 1. The standard InChI is InChI=1S/C15H11ClN6O3/c16-11-6-5-10(7-14(11)22(24)25)8-17-19-15(23)9-21-13-4-2-1-3-12(13)18-20-21/h1-8H,9H2,(H,19,23)/b17-8+. The Bertz CT molecular complexity index is 984. The number of amides is 1. The summed E-state index contributed by atoms with van der Waals surface area (Å²) in [4.78, 5) is 22.2. The fourth-order valence-electron chi connectivity index (χ4n) is 2.13. The Hall–Kier alpha value is -3.33. The van der Waals surface area contributed by atoms with Crippen molar-refractivity contribution in [1.82, 2.24) is 20.4 Å². The van der Waals surface area contributed by atoms with Crippen molar-refractivity contribution < 1.29 is 9.72 Å². The molecule has 0 unspecified atom stereocenters. The largest absolute Gasteiger partial charge is 0.288 e. The van der Waals surface area contributed by atoms with Crippen molar-refractivity contribution in [2.45, 2.75) is 6.54 Å². The molecular weight excluding hydrogens is 348 g/mol. The molecule has 0 aliphatic heterocycles. The Balaban J connectivity index is 1.65. The fraction of sp³-hybridized carbons (Fsp3) is 0.0667. The molecule has 0 fully saturated rings. The highest BCUT2D eigenvalue weighted by molar-refractivity contribution is 6.32. The van der Waals surface area contributed by atoms with Gasteiger partial charge < -0.3 is 0 Å². The number of para-hydroxylation sites is 1. The molecule has 126 valence electrons. The van der Waals surface area contributed by atoms with E-state index in [2.05, 4.69) is 20.8 Å². The van der Waals surface area contributed by atoms with Gasteiger partial charge in [-0.3, -0.25) is 14.9 Å². The normalized spacial score (nSPS) is 11.1. The minimum atomic E-state index is -0.589. The van der Waals surface area contributed by atoms with Crippen molar-refractivity contribution in [3.8, 4) is 0 Å². The zero-order valence-electron chi connectivity index (χ0n) is 12.7. The number of carbonyl (C=O) groups is 1. The maximum absolute atomic E-state index is 11.9. The third-order valence-corrected chi connectivity index (χ3v) is 3.60. The van der Waals surface area contributed by atoms with E-state index in [9.17, 15) is 14.9 Å². The van der Waals surface area contributed by atoms with Crippen LogP contribution in [0.2, 0.25) is 5.02 Å². The minimum Gasteiger partial charge on any atom is -0.271 e. The summed E-state index contributed by atoms with van der Waals surface area (Å²) in [6.45, 7) is -0.0569. The van der Waals surface area contributed by atoms with Crippen LogP contribution in [0.15, 0.2) is 47.6 Å². The number of nitrogens with zero attached hydrogens (tertiary/aromatic N) is 5. The number of benzene rings is 2. The van der Waals surface area contributed by atoms with Gasteiger partial charge in [0, 0.05) is 11.6 Å². The number of nitrogens with one attached hydrogen (secondary N) is 1. The van der Waals surface area contributed by atoms with Crippen LogP contribution in [0.25, 0.3) is 11.0 Å². The van der Waals surface area contributed by atoms with Crippen LogP contribution in [0.3, 0.4) is 0 Å². The molecule has 0 atom stereocenters. The monoisotopic (exact) mass is 358 g/mol. The van der Waals surface area contributed by atoms with Crippen LogP contribution < -0.4 is 5.43 Å². The summed E-state index contributed by atoms with van der Waals surface area (Å²) in [5.74, 6) is -0.407. The first-order valence-corrected chi connectivity index (χ1v) is 7.46. The van der Waals surface area contributed by atoms with Gasteiger partial charge in [-0.15, -0.1) is 5.10 Å². The first kappa shape index (κ1) is 16.5. The summed E-state index contributed by atoms with van der Waals surface area (Å²) in [5, 5.41) is 22.5. The van der Waals surface area contributed by atoms with E-state index in [-0.39, 0.29) is 17.3 Å². The Morgan fingerprint density at radius 1 is 1.36 bits per heavy atom. The molecule has 0 radical (unpaired) electrons. The third kappa shape index (κ3) is 3.78. The van der Waals surface area contributed by atoms with Crippen molar-refractivity contribution >= 4 is 40.4 Å². The van der Waals surface area contributed by atoms with Crippen molar-refractivity contribution in [2.24, 2.45) is 5.10 Å². The molecule has 1 amide bonds. The van der Waals surface area contributed by atoms with Crippen LogP contribution in [0.4, 0.5) is 5.69 Å². The highest BCUT2D eigenvalue weighted by atomic mass is 35.5. The average molecular weight is 359 g/mol. The molecule has 0 bridgehead atoms. The molecule has 0 aliphatic carbocycles. The van der Waals surface area contributed by atoms with Crippen molar-refractivity contribution in [1.29, 1.82) is 0 Å². The molecule has 0 saturated heterocycles. The lowest BCUT2D eigenvalue weighted by atomic mass is 10.2. The molecule has 10 heteroatoms. The molecule has 0 saturated carbocycles. The molecule has 3 rings (SSSR count).